The van der Waals surface area contributed by atoms with Crippen molar-refractivity contribution in [2.75, 3.05) is 32.2 Å². The monoisotopic (exact) mass is 298 g/mol. The standard InChI is InChI=1S/C11H23ClN2O3S/c1-11(2,3)10(4-5-12)13-18(15,16)14-6-8-17-9-7-14/h10,13H,4-9H2,1-3H3. The van der Waals surface area contributed by atoms with Crippen LogP contribution in [0.5, 0.6) is 0 Å². The first-order valence-electron chi connectivity index (χ1n) is 6.18. The lowest BCUT2D eigenvalue weighted by molar-refractivity contribution is 0.0719. The smallest absolute Gasteiger partial charge is 0.279 e. The van der Waals surface area contributed by atoms with Gasteiger partial charge < -0.3 is 4.74 Å². The van der Waals surface area contributed by atoms with Crippen molar-refractivity contribution in [2.45, 2.75) is 33.2 Å². The highest BCUT2D eigenvalue weighted by Crippen LogP contribution is 2.23. The molecule has 7 heteroatoms. The molecule has 0 aromatic carbocycles. The fourth-order valence-corrected chi connectivity index (χ4v) is 3.65. The van der Waals surface area contributed by atoms with Crippen LogP contribution in [0.4, 0.5) is 0 Å². The molecule has 1 aliphatic rings. The molecule has 0 aromatic heterocycles. The summed E-state index contributed by atoms with van der Waals surface area (Å²) in [5.41, 5.74) is -0.158. The van der Waals surface area contributed by atoms with Crippen LogP contribution in [-0.2, 0) is 14.9 Å². The van der Waals surface area contributed by atoms with E-state index in [4.69, 9.17) is 16.3 Å². The average molecular weight is 299 g/mol. The minimum Gasteiger partial charge on any atom is -0.379 e. The zero-order valence-electron chi connectivity index (χ0n) is 11.3. The molecule has 0 radical (unpaired) electrons. The molecule has 1 heterocycles. The SMILES string of the molecule is CC(C)(C)C(CCCl)NS(=O)(=O)N1CCOCC1. The Balaban J connectivity index is 2.72. The molecule has 5 nitrogen and oxygen atoms in total. The second kappa shape index (κ2) is 6.52. The van der Waals surface area contributed by atoms with Crippen molar-refractivity contribution < 1.29 is 13.2 Å². The molecule has 1 N–H and O–H groups in total. The van der Waals surface area contributed by atoms with Crippen molar-refractivity contribution in [2.24, 2.45) is 5.41 Å². The molecule has 18 heavy (non-hydrogen) atoms. The van der Waals surface area contributed by atoms with Gasteiger partial charge in [-0.1, -0.05) is 20.8 Å². The van der Waals surface area contributed by atoms with Gasteiger partial charge in [0.05, 0.1) is 13.2 Å². The quantitative estimate of drug-likeness (QED) is 0.776. The Morgan fingerprint density at radius 2 is 1.89 bits per heavy atom. The molecule has 0 aliphatic carbocycles. The summed E-state index contributed by atoms with van der Waals surface area (Å²) >= 11 is 5.75. The Labute approximate surface area is 115 Å². The highest BCUT2D eigenvalue weighted by atomic mass is 35.5. The zero-order valence-corrected chi connectivity index (χ0v) is 12.9. The third-order valence-corrected chi connectivity index (χ3v) is 4.89. The van der Waals surface area contributed by atoms with Crippen LogP contribution in [-0.4, -0.2) is 50.9 Å². The molecule has 1 rings (SSSR count). The Kier molecular flexibility index (Phi) is 5.86. The molecule has 1 fully saturated rings. The van der Waals surface area contributed by atoms with E-state index in [-0.39, 0.29) is 11.5 Å². The summed E-state index contributed by atoms with van der Waals surface area (Å²) in [5.74, 6) is 0.438. The maximum absolute atomic E-state index is 12.2. The molecule has 0 aromatic rings. The molecule has 1 saturated heterocycles. The molecule has 1 aliphatic heterocycles. The van der Waals surface area contributed by atoms with Gasteiger partial charge in [0, 0.05) is 25.0 Å². The van der Waals surface area contributed by atoms with Crippen LogP contribution in [0.2, 0.25) is 0 Å². The minimum atomic E-state index is -3.44. The molecule has 0 amide bonds. The van der Waals surface area contributed by atoms with Crippen LogP contribution in [0, 0.1) is 5.41 Å². The molecule has 0 spiro atoms. The van der Waals surface area contributed by atoms with Gasteiger partial charge in [-0.15, -0.1) is 11.6 Å². The van der Waals surface area contributed by atoms with E-state index >= 15 is 0 Å². The largest absolute Gasteiger partial charge is 0.379 e. The summed E-state index contributed by atoms with van der Waals surface area (Å²) in [7, 11) is -3.44. The Morgan fingerprint density at radius 3 is 2.33 bits per heavy atom. The number of nitrogens with one attached hydrogen (secondary N) is 1. The predicted molar refractivity (Wildman–Crippen MR) is 73.0 cm³/mol. The van der Waals surface area contributed by atoms with Crippen LogP contribution in [0.25, 0.3) is 0 Å². The summed E-state index contributed by atoms with van der Waals surface area (Å²) in [6.07, 6.45) is 0.620. The maximum Gasteiger partial charge on any atom is 0.279 e. The van der Waals surface area contributed by atoms with E-state index in [0.29, 0.717) is 38.6 Å². The molecule has 0 bridgehead atoms. The lowest BCUT2D eigenvalue weighted by atomic mass is 9.86. The van der Waals surface area contributed by atoms with E-state index < -0.39 is 10.2 Å². The average Bonchev–Trinajstić information content (AvgIpc) is 2.28. The zero-order chi connectivity index (χ0) is 13.8. The predicted octanol–water partition coefficient (Wildman–Crippen LogP) is 1.20. The lowest BCUT2D eigenvalue weighted by Crippen LogP contribution is -2.52. The van der Waals surface area contributed by atoms with Gasteiger partial charge in [0.2, 0.25) is 0 Å². The topological polar surface area (TPSA) is 58.6 Å². The van der Waals surface area contributed by atoms with E-state index in [1.54, 1.807) is 0 Å². The van der Waals surface area contributed by atoms with E-state index in [2.05, 4.69) is 4.72 Å². The van der Waals surface area contributed by atoms with Crippen LogP contribution < -0.4 is 4.72 Å². The fraction of sp³-hybridized carbons (Fsp3) is 1.00. The number of alkyl halides is 1. The summed E-state index contributed by atoms with van der Waals surface area (Å²) in [6, 6.07) is -0.164. The Morgan fingerprint density at radius 1 is 1.33 bits per heavy atom. The Bertz CT molecular complexity index is 348. The summed E-state index contributed by atoms with van der Waals surface area (Å²) in [6.45, 7) is 7.75. The lowest BCUT2D eigenvalue weighted by Gasteiger charge is -2.34. The first kappa shape index (κ1) is 16.2. The molecule has 108 valence electrons. The first-order valence-corrected chi connectivity index (χ1v) is 8.16. The third-order valence-electron chi connectivity index (χ3n) is 3.04. The van der Waals surface area contributed by atoms with Crippen LogP contribution in [0.15, 0.2) is 0 Å². The number of ether oxygens (including phenoxy) is 1. The van der Waals surface area contributed by atoms with Crippen molar-refractivity contribution in [3.8, 4) is 0 Å². The van der Waals surface area contributed by atoms with E-state index in [1.807, 2.05) is 20.8 Å². The number of rotatable bonds is 5. The van der Waals surface area contributed by atoms with E-state index in [9.17, 15) is 8.42 Å². The first-order chi connectivity index (χ1) is 8.27. The minimum absolute atomic E-state index is 0.158. The van der Waals surface area contributed by atoms with Crippen molar-refractivity contribution in [1.29, 1.82) is 0 Å². The van der Waals surface area contributed by atoms with Gasteiger partial charge in [0.15, 0.2) is 0 Å². The maximum atomic E-state index is 12.2. The molecule has 1 unspecified atom stereocenters. The third kappa shape index (κ3) is 4.66. The van der Waals surface area contributed by atoms with E-state index in [0.717, 1.165) is 0 Å². The van der Waals surface area contributed by atoms with Gasteiger partial charge in [-0.05, 0) is 11.8 Å². The molecular weight excluding hydrogens is 276 g/mol. The van der Waals surface area contributed by atoms with Crippen LogP contribution in [0.3, 0.4) is 0 Å². The van der Waals surface area contributed by atoms with Gasteiger partial charge in [0.1, 0.15) is 0 Å². The second-order valence-corrected chi connectivity index (χ2v) is 7.61. The highest BCUT2D eigenvalue weighted by molar-refractivity contribution is 7.87. The summed E-state index contributed by atoms with van der Waals surface area (Å²) < 4.78 is 33.8. The highest BCUT2D eigenvalue weighted by Gasteiger charge is 2.32. The Hall–Kier alpha value is 0.120. The van der Waals surface area contributed by atoms with Crippen molar-refractivity contribution in [1.82, 2.24) is 9.03 Å². The van der Waals surface area contributed by atoms with Crippen LogP contribution in [0.1, 0.15) is 27.2 Å². The summed E-state index contributed by atoms with van der Waals surface area (Å²) in [4.78, 5) is 0. The number of halogens is 1. The van der Waals surface area contributed by atoms with Gasteiger partial charge in [-0.3, -0.25) is 0 Å². The number of hydrogen-bond acceptors (Lipinski definition) is 3. The van der Waals surface area contributed by atoms with Crippen molar-refractivity contribution in [3.05, 3.63) is 0 Å². The number of hydrogen-bond donors (Lipinski definition) is 1. The van der Waals surface area contributed by atoms with Crippen LogP contribution >= 0.6 is 11.6 Å². The number of morpholine rings is 1. The van der Waals surface area contributed by atoms with Gasteiger partial charge in [-0.2, -0.15) is 17.4 Å². The van der Waals surface area contributed by atoms with Gasteiger partial charge >= 0.3 is 0 Å². The van der Waals surface area contributed by atoms with Gasteiger partial charge in [-0.25, -0.2) is 0 Å². The molecular formula is C11H23ClN2O3S. The van der Waals surface area contributed by atoms with Crippen molar-refractivity contribution >= 4 is 21.8 Å². The normalized spacial score (nSPS) is 20.9. The van der Waals surface area contributed by atoms with Crippen molar-refractivity contribution in [3.63, 3.8) is 0 Å². The van der Waals surface area contributed by atoms with Gasteiger partial charge in [0.25, 0.3) is 10.2 Å². The number of nitrogens with zero attached hydrogens (tertiary/aromatic N) is 1. The second-order valence-electron chi connectivity index (χ2n) is 5.53. The molecule has 0 saturated carbocycles. The molecule has 1 atom stereocenters. The van der Waals surface area contributed by atoms with E-state index in [1.165, 1.54) is 4.31 Å². The fourth-order valence-electron chi connectivity index (χ4n) is 1.82. The summed E-state index contributed by atoms with van der Waals surface area (Å²) in [5, 5.41) is 0.